The number of amidine groups is 1. The first-order valence-corrected chi connectivity index (χ1v) is 13.9. The summed E-state index contributed by atoms with van der Waals surface area (Å²) in [4.78, 5) is 4.77. The minimum absolute atomic E-state index is 0.281. The molecule has 0 aromatic rings. The molecule has 0 saturated heterocycles. The van der Waals surface area contributed by atoms with E-state index >= 15 is 0 Å². The van der Waals surface area contributed by atoms with Crippen molar-refractivity contribution in [3.8, 4) is 0 Å². The number of quaternary nitrogens is 1. The number of rotatable bonds is 22. The van der Waals surface area contributed by atoms with Crippen molar-refractivity contribution in [3.05, 3.63) is 12.2 Å². The number of allylic oxidation sites excluding steroid dienone is 2. The zero-order chi connectivity index (χ0) is 22.5. The van der Waals surface area contributed by atoms with Crippen molar-refractivity contribution in [1.29, 1.82) is 0 Å². The Hall–Kier alpha value is -0.670. The number of aliphatic imine (C=N–C) groups is 1. The van der Waals surface area contributed by atoms with E-state index in [1.807, 2.05) is 0 Å². The maximum atomic E-state index is 9.40. The summed E-state index contributed by atoms with van der Waals surface area (Å²) in [6, 6.07) is 0. The molecule has 1 atom stereocenters. The van der Waals surface area contributed by atoms with E-state index in [9.17, 15) is 5.11 Å². The second-order valence-corrected chi connectivity index (χ2v) is 9.68. The van der Waals surface area contributed by atoms with Crippen molar-refractivity contribution >= 4 is 5.84 Å². The lowest BCUT2D eigenvalue weighted by atomic mass is 10.0. The zero-order valence-electron chi connectivity index (χ0n) is 21.3. The molecular formula is C28H55N2O+. The van der Waals surface area contributed by atoms with E-state index in [0.29, 0.717) is 0 Å². The van der Waals surface area contributed by atoms with Gasteiger partial charge in [-0.3, -0.25) is 4.48 Å². The van der Waals surface area contributed by atoms with E-state index in [2.05, 4.69) is 26.0 Å². The zero-order valence-corrected chi connectivity index (χ0v) is 21.3. The van der Waals surface area contributed by atoms with Crippen LogP contribution in [0.15, 0.2) is 17.1 Å². The highest BCUT2D eigenvalue weighted by atomic mass is 16.3. The van der Waals surface area contributed by atoms with Gasteiger partial charge in [-0.1, -0.05) is 96.1 Å². The average Bonchev–Trinajstić information content (AvgIpc) is 3.18. The van der Waals surface area contributed by atoms with Crippen LogP contribution in [0.1, 0.15) is 129 Å². The minimum Gasteiger partial charge on any atom is -0.390 e. The number of aliphatic hydroxyl groups excluding tert-OH is 1. The molecule has 0 radical (unpaired) electrons. The normalized spacial score (nSPS) is 18.9. The molecule has 1 aliphatic rings. The van der Waals surface area contributed by atoms with Gasteiger partial charge in [0.25, 0.3) is 0 Å². The van der Waals surface area contributed by atoms with Crippen molar-refractivity contribution in [2.45, 2.75) is 129 Å². The summed E-state index contributed by atoms with van der Waals surface area (Å²) in [5.41, 5.74) is 0. The molecule has 0 aromatic heterocycles. The molecule has 1 unspecified atom stereocenters. The molecule has 0 spiro atoms. The molecule has 0 amide bonds. The first kappa shape index (κ1) is 28.4. The van der Waals surface area contributed by atoms with Gasteiger partial charge in [-0.25, -0.2) is 4.99 Å². The van der Waals surface area contributed by atoms with Crippen LogP contribution in [0.25, 0.3) is 0 Å². The largest absolute Gasteiger partial charge is 0.390 e. The lowest BCUT2D eigenvalue weighted by molar-refractivity contribution is -0.835. The third kappa shape index (κ3) is 13.5. The highest BCUT2D eigenvalue weighted by molar-refractivity contribution is 5.76. The molecule has 0 saturated carbocycles. The fraction of sp³-hybridized carbons (Fsp3) is 0.893. The van der Waals surface area contributed by atoms with Crippen LogP contribution in [0, 0.1) is 0 Å². The predicted molar refractivity (Wildman–Crippen MR) is 138 cm³/mol. The van der Waals surface area contributed by atoms with Gasteiger partial charge in [0.1, 0.15) is 13.1 Å². The second kappa shape index (κ2) is 20.0. The number of unbranched alkanes of at least 4 members (excludes halogenated alkanes) is 15. The van der Waals surface area contributed by atoms with Crippen molar-refractivity contribution in [2.24, 2.45) is 4.99 Å². The molecule has 0 aromatic carbocycles. The molecular weight excluding hydrogens is 380 g/mol. The monoisotopic (exact) mass is 435 g/mol. The van der Waals surface area contributed by atoms with E-state index in [-0.39, 0.29) is 6.61 Å². The van der Waals surface area contributed by atoms with Gasteiger partial charge in [0.2, 0.25) is 0 Å². The van der Waals surface area contributed by atoms with Gasteiger partial charge in [0.15, 0.2) is 5.84 Å². The van der Waals surface area contributed by atoms with Gasteiger partial charge >= 0.3 is 0 Å². The van der Waals surface area contributed by atoms with Crippen LogP contribution in [-0.2, 0) is 0 Å². The Morgan fingerprint density at radius 2 is 1.26 bits per heavy atom. The van der Waals surface area contributed by atoms with Crippen molar-refractivity contribution in [1.82, 2.24) is 0 Å². The molecule has 0 bridgehead atoms. The van der Waals surface area contributed by atoms with Gasteiger partial charge in [0.05, 0.1) is 19.7 Å². The number of hydrogen-bond acceptors (Lipinski definition) is 2. The van der Waals surface area contributed by atoms with Crippen LogP contribution < -0.4 is 0 Å². The van der Waals surface area contributed by atoms with Gasteiger partial charge < -0.3 is 5.11 Å². The lowest BCUT2D eigenvalue weighted by Crippen LogP contribution is -2.52. The summed E-state index contributed by atoms with van der Waals surface area (Å²) in [5, 5.41) is 9.40. The predicted octanol–water partition coefficient (Wildman–Crippen LogP) is 7.83. The van der Waals surface area contributed by atoms with E-state index < -0.39 is 0 Å². The molecule has 1 aliphatic heterocycles. The molecule has 1 rings (SSSR count). The van der Waals surface area contributed by atoms with Gasteiger partial charge in [-0.05, 0) is 39.0 Å². The third-order valence-electron chi connectivity index (χ3n) is 7.17. The summed E-state index contributed by atoms with van der Waals surface area (Å²) >= 11 is 0. The maximum Gasteiger partial charge on any atom is 0.198 e. The fourth-order valence-electron chi connectivity index (χ4n) is 4.96. The van der Waals surface area contributed by atoms with E-state index in [1.165, 1.54) is 115 Å². The van der Waals surface area contributed by atoms with Crippen LogP contribution in [0.4, 0.5) is 0 Å². The molecule has 31 heavy (non-hydrogen) atoms. The van der Waals surface area contributed by atoms with E-state index in [4.69, 9.17) is 4.99 Å². The van der Waals surface area contributed by atoms with Crippen LogP contribution in [0.5, 0.6) is 0 Å². The highest BCUT2D eigenvalue weighted by Crippen LogP contribution is 2.20. The number of hydrogen-bond donors (Lipinski definition) is 1. The SMILES string of the molecule is CCCCCCC/C=C/CCCCCCCCCCCCC1=NCC[N+]1(CC)CCO. The quantitative estimate of drug-likeness (QED) is 0.105. The highest BCUT2D eigenvalue weighted by Gasteiger charge is 2.35. The van der Waals surface area contributed by atoms with Crippen LogP contribution in [0.2, 0.25) is 0 Å². The van der Waals surface area contributed by atoms with Crippen LogP contribution in [-0.4, -0.2) is 48.2 Å². The van der Waals surface area contributed by atoms with Gasteiger partial charge in [-0.2, -0.15) is 0 Å². The number of nitrogens with zero attached hydrogens (tertiary/aromatic N) is 2. The lowest BCUT2D eigenvalue weighted by Gasteiger charge is -2.33. The Bertz CT molecular complexity index is 460. The second-order valence-electron chi connectivity index (χ2n) is 9.68. The van der Waals surface area contributed by atoms with Crippen LogP contribution >= 0.6 is 0 Å². The maximum absolute atomic E-state index is 9.40. The summed E-state index contributed by atoms with van der Waals surface area (Å²) in [7, 11) is 0. The standard InChI is InChI=1S/C28H55N2O/c1-3-5-6-7-8-9-10-11-12-13-14-15-16-17-18-19-20-21-22-23-28-29-24-25-30(28,4-2)26-27-31/h10-11,31H,3-9,12-27H2,1-2H3/q+1/b11-10+. The fourth-order valence-corrected chi connectivity index (χ4v) is 4.96. The Morgan fingerprint density at radius 3 is 1.77 bits per heavy atom. The third-order valence-corrected chi connectivity index (χ3v) is 7.17. The summed E-state index contributed by atoms with van der Waals surface area (Å²) in [6.07, 6.45) is 29.4. The molecule has 182 valence electrons. The minimum atomic E-state index is 0.281. The Morgan fingerprint density at radius 1 is 0.742 bits per heavy atom. The molecule has 0 aliphatic carbocycles. The van der Waals surface area contributed by atoms with Crippen molar-refractivity contribution in [2.75, 3.05) is 32.8 Å². The van der Waals surface area contributed by atoms with Crippen molar-refractivity contribution < 1.29 is 9.59 Å². The first-order chi connectivity index (χ1) is 15.3. The Labute approximate surface area is 195 Å². The van der Waals surface area contributed by atoms with Gasteiger partial charge in [0, 0.05) is 6.42 Å². The van der Waals surface area contributed by atoms with Crippen LogP contribution in [0.3, 0.4) is 0 Å². The van der Waals surface area contributed by atoms with Gasteiger partial charge in [-0.15, -0.1) is 0 Å². The number of aliphatic hydroxyl groups is 1. The van der Waals surface area contributed by atoms with Crippen molar-refractivity contribution in [3.63, 3.8) is 0 Å². The summed E-state index contributed by atoms with van der Waals surface area (Å²) < 4.78 is 0.950. The van der Waals surface area contributed by atoms with E-state index in [1.54, 1.807) is 0 Å². The Kier molecular flexibility index (Phi) is 18.3. The number of likely N-dealkylation sites (N-methyl/N-ethyl adjacent to an activating group) is 1. The molecule has 1 N–H and O–H groups in total. The Balaban J connectivity index is 1.84. The summed E-state index contributed by atoms with van der Waals surface area (Å²) in [5.74, 6) is 1.36. The topological polar surface area (TPSA) is 32.6 Å². The average molecular weight is 436 g/mol. The van der Waals surface area contributed by atoms with E-state index in [0.717, 1.165) is 37.1 Å². The molecule has 3 nitrogen and oxygen atoms in total. The smallest absolute Gasteiger partial charge is 0.198 e. The molecule has 1 heterocycles. The summed E-state index contributed by atoms with van der Waals surface area (Å²) in [6.45, 7) is 8.79. The molecule has 3 heteroatoms. The molecule has 0 fully saturated rings. The first-order valence-electron chi connectivity index (χ1n) is 13.9.